The van der Waals surface area contributed by atoms with Gasteiger partial charge in [0.05, 0.1) is 36.3 Å². The molecule has 5 rings (SSSR count). The lowest BCUT2D eigenvalue weighted by Gasteiger charge is -2.45. The molecule has 0 bridgehead atoms. The van der Waals surface area contributed by atoms with Gasteiger partial charge in [0.15, 0.2) is 17.5 Å². The number of nitrogens with zero attached hydrogens (tertiary/aromatic N) is 4. The number of methoxy groups -OCH3 is 1. The van der Waals surface area contributed by atoms with E-state index in [1.807, 2.05) is 35.9 Å². The van der Waals surface area contributed by atoms with Gasteiger partial charge < -0.3 is 19.1 Å². The van der Waals surface area contributed by atoms with Crippen LogP contribution in [0.1, 0.15) is 55.5 Å². The fourth-order valence-electron chi connectivity index (χ4n) is 6.15. The molecule has 0 saturated carbocycles. The lowest BCUT2D eigenvalue weighted by Crippen LogP contribution is -2.53. The fourth-order valence-corrected chi connectivity index (χ4v) is 6.15. The van der Waals surface area contributed by atoms with Gasteiger partial charge in [-0.05, 0) is 62.1 Å². The minimum absolute atomic E-state index is 0.130. The van der Waals surface area contributed by atoms with Crippen molar-refractivity contribution in [3.8, 4) is 11.4 Å². The Hall–Kier alpha value is -3.82. The number of carbonyl (C=O) groups excluding carboxylic acids is 2. The Kier molecular flexibility index (Phi) is 6.90. The summed E-state index contributed by atoms with van der Waals surface area (Å²) < 4.78 is 49.2. The van der Waals surface area contributed by atoms with E-state index in [4.69, 9.17) is 4.74 Å². The van der Waals surface area contributed by atoms with Gasteiger partial charge >= 0.3 is 0 Å². The van der Waals surface area contributed by atoms with Crippen LogP contribution in [0.25, 0.3) is 5.69 Å². The topological polar surface area (TPSA) is 67.7 Å². The van der Waals surface area contributed by atoms with Gasteiger partial charge in [0.1, 0.15) is 5.75 Å². The van der Waals surface area contributed by atoms with E-state index in [1.165, 1.54) is 6.92 Å². The van der Waals surface area contributed by atoms with Gasteiger partial charge in [-0.3, -0.25) is 9.59 Å². The summed E-state index contributed by atoms with van der Waals surface area (Å²) in [6.07, 6.45) is 4.79. The third-order valence-electron chi connectivity index (χ3n) is 8.25. The lowest BCUT2D eigenvalue weighted by atomic mass is 9.68. The van der Waals surface area contributed by atoms with Crippen LogP contribution in [0, 0.1) is 29.8 Å². The molecule has 3 aromatic rings. The lowest BCUT2D eigenvalue weighted by molar-refractivity contribution is -0.149. The Morgan fingerprint density at radius 1 is 1.18 bits per heavy atom. The molecule has 39 heavy (non-hydrogen) atoms. The second-order valence-electron chi connectivity index (χ2n) is 10.5. The van der Waals surface area contributed by atoms with Crippen molar-refractivity contribution in [1.29, 1.82) is 0 Å². The molecule has 2 aliphatic heterocycles. The number of likely N-dealkylation sites (tertiary alicyclic amines) is 2. The molecule has 2 amide bonds. The van der Waals surface area contributed by atoms with Crippen LogP contribution < -0.4 is 4.74 Å². The largest absolute Gasteiger partial charge is 0.495 e. The molecule has 3 heterocycles. The quantitative estimate of drug-likeness (QED) is 0.431. The summed E-state index contributed by atoms with van der Waals surface area (Å²) in [5.74, 6) is -4.16. The smallest absolute Gasteiger partial charge is 0.231 e. The number of hydrogen-bond acceptors (Lipinski definition) is 4. The maximum atomic E-state index is 14.3. The van der Waals surface area contributed by atoms with Gasteiger partial charge in [0, 0.05) is 38.7 Å². The second-order valence-corrected chi connectivity index (χ2v) is 10.5. The van der Waals surface area contributed by atoms with Crippen LogP contribution in [0.15, 0.2) is 42.9 Å². The van der Waals surface area contributed by atoms with Crippen molar-refractivity contribution in [2.45, 2.75) is 45.6 Å². The van der Waals surface area contributed by atoms with Crippen LogP contribution in [0.5, 0.6) is 5.75 Å². The Labute approximate surface area is 225 Å². The van der Waals surface area contributed by atoms with Crippen LogP contribution in [0.2, 0.25) is 0 Å². The average Bonchev–Trinajstić information content (AvgIpc) is 3.52. The molecule has 3 atom stereocenters. The highest BCUT2D eigenvalue weighted by atomic mass is 19.2. The Morgan fingerprint density at radius 2 is 1.90 bits per heavy atom. The fraction of sp³-hybridized carbons (Fsp3) is 0.414. The Morgan fingerprint density at radius 3 is 2.51 bits per heavy atom. The van der Waals surface area contributed by atoms with Crippen molar-refractivity contribution in [1.82, 2.24) is 19.4 Å². The van der Waals surface area contributed by atoms with Crippen molar-refractivity contribution in [2.75, 3.05) is 26.7 Å². The van der Waals surface area contributed by atoms with Gasteiger partial charge in [-0.2, -0.15) is 0 Å². The van der Waals surface area contributed by atoms with Gasteiger partial charge in [0.2, 0.25) is 11.8 Å². The van der Waals surface area contributed by atoms with Crippen LogP contribution in [-0.2, 0) is 9.59 Å². The summed E-state index contributed by atoms with van der Waals surface area (Å²) in [5.41, 5.74) is 1.76. The van der Waals surface area contributed by atoms with Crippen LogP contribution >= 0.6 is 0 Å². The normalized spacial score (nSPS) is 22.0. The molecule has 2 fully saturated rings. The number of amides is 2. The van der Waals surface area contributed by atoms with Crippen molar-refractivity contribution in [2.24, 2.45) is 5.41 Å². The van der Waals surface area contributed by atoms with Crippen molar-refractivity contribution >= 4 is 11.8 Å². The van der Waals surface area contributed by atoms with E-state index in [9.17, 15) is 22.8 Å². The zero-order chi connectivity index (χ0) is 28.1. The van der Waals surface area contributed by atoms with Gasteiger partial charge in [-0.15, -0.1) is 0 Å². The van der Waals surface area contributed by atoms with Gasteiger partial charge in [0.25, 0.3) is 0 Å². The molecule has 0 radical (unpaired) electrons. The third kappa shape index (κ3) is 4.55. The standard InChI is InChI=1S/C29H31F3N4O3/c1-17-13-35(16-33-17)25-7-6-20(12-26(25)39-4)22-14-34(19(3)37)15-29(22)8-5-9-36(28(29)38)18(2)21-10-23(30)27(32)24(31)11-21/h6-7,10-13,16,18,22H,5,8-9,14-15H2,1-4H3/t18-,22?,29?/m0/s1. The van der Waals surface area contributed by atoms with Crippen molar-refractivity contribution in [3.05, 3.63) is 77.1 Å². The number of aromatic nitrogens is 2. The third-order valence-corrected chi connectivity index (χ3v) is 8.25. The number of benzene rings is 2. The summed E-state index contributed by atoms with van der Waals surface area (Å²) in [4.78, 5) is 34.4. The first kappa shape index (κ1) is 26.8. The predicted molar refractivity (Wildman–Crippen MR) is 138 cm³/mol. The summed E-state index contributed by atoms with van der Waals surface area (Å²) in [5, 5.41) is 0. The molecule has 10 heteroatoms. The molecule has 2 saturated heterocycles. The first-order chi connectivity index (χ1) is 18.6. The molecule has 206 valence electrons. The SMILES string of the molecule is COc1cc(C2CN(C(C)=O)CC23CCCN([C@@H](C)c2cc(F)c(F)c(F)c2)C3=O)ccc1-n1cnc(C)c1. The number of carbonyl (C=O) groups is 2. The highest BCUT2D eigenvalue weighted by molar-refractivity contribution is 5.87. The Balaban J connectivity index is 1.53. The number of imidazole rings is 1. The molecule has 2 unspecified atom stereocenters. The minimum Gasteiger partial charge on any atom is -0.495 e. The van der Waals surface area contributed by atoms with Gasteiger partial charge in [-0.25, -0.2) is 18.2 Å². The first-order valence-corrected chi connectivity index (χ1v) is 13.0. The van der Waals surface area contributed by atoms with E-state index in [0.29, 0.717) is 31.7 Å². The Bertz CT molecular complexity index is 1420. The maximum absolute atomic E-state index is 14.3. The molecule has 1 aromatic heterocycles. The van der Waals surface area contributed by atoms with Crippen LogP contribution in [-0.4, -0.2) is 57.9 Å². The summed E-state index contributed by atoms with van der Waals surface area (Å²) in [6, 6.07) is 6.95. The average molecular weight is 541 g/mol. The number of aryl methyl sites for hydroxylation is 1. The molecule has 0 N–H and O–H groups in total. The second kappa shape index (κ2) is 10.1. The van der Waals surface area contributed by atoms with Crippen molar-refractivity contribution in [3.63, 3.8) is 0 Å². The van der Waals surface area contributed by atoms with E-state index in [1.54, 1.807) is 30.2 Å². The summed E-state index contributed by atoms with van der Waals surface area (Å²) >= 11 is 0. The maximum Gasteiger partial charge on any atom is 0.231 e. The van der Waals surface area contributed by atoms with Crippen LogP contribution in [0.3, 0.4) is 0 Å². The van der Waals surface area contributed by atoms with E-state index in [-0.39, 0.29) is 29.8 Å². The van der Waals surface area contributed by atoms with E-state index < -0.39 is 28.9 Å². The first-order valence-electron chi connectivity index (χ1n) is 13.0. The zero-order valence-electron chi connectivity index (χ0n) is 22.4. The highest BCUT2D eigenvalue weighted by Gasteiger charge is 2.56. The molecule has 2 aromatic carbocycles. The minimum atomic E-state index is -1.54. The predicted octanol–water partition coefficient (Wildman–Crippen LogP) is 4.92. The molecular weight excluding hydrogens is 509 g/mol. The number of rotatable bonds is 5. The molecule has 1 spiro atoms. The molecule has 2 aliphatic rings. The number of ether oxygens (including phenoxy) is 1. The summed E-state index contributed by atoms with van der Waals surface area (Å²) in [6.45, 7) is 6.05. The monoisotopic (exact) mass is 540 g/mol. The number of piperidine rings is 1. The van der Waals surface area contributed by atoms with Crippen LogP contribution in [0.4, 0.5) is 13.2 Å². The summed E-state index contributed by atoms with van der Waals surface area (Å²) in [7, 11) is 1.58. The van der Waals surface area contributed by atoms with E-state index in [0.717, 1.165) is 29.1 Å². The van der Waals surface area contributed by atoms with E-state index in [2.05, 4.69) is 4.98 Å². The number of halogens is 3. The number of hydrogen-bond donors (Lipinski definition) is 0. The van der Waals surface area contributed by atoms with E-state index >= 15 is 0 Å². The molecule has 7 nitrogen and oxygen atoms in total. The molecular formula is C29H31F3N4O3. The molecule has 0 aliphatic carbocycles. The van der Waals surface area contributed by atoms with Gasteiger partial charge in [-0.1, -0.05) is 6.07 Å². The zero-order valence-corrected chi connectivity index (χ0v) is 22.4. The highest BCUT2D eigenvalue weighted by Crippen LogP contribution is 2.51. The van der Waals surface area contributed by atoms with Crippen molar-refractivity contribution < 1.29 is 27.5 Å².